The zero-order valence-corrected chi connectivity index (χ0v) is 19.2. The molecule has 1 unspecified atom stereocenters. The number of benzene rings is 3. The van der Waals surface area contributed by atoms with Gasteiger partial charge in [-0.05, 0) is 35.9 Å². The predicted molar refractivity (Wildman–Crippen MR) is 129 cm³/mol. The van der Waals surface area contributed by atoms with Crippen LogP contribution in [0.3, 0.4) is 0 Å². The fourth-order valence-corrected chi connectivity index (χ4v) is 4.25. The van der Waals surface area contributed by atoms with Crippen LogP contribution < -0.4 is 5.32 Å². The number of fused-ring (bicyclic) bond motifs is 1. The Labute approximate surface area is 204 Å². The van der Waals surface area contributed by atoms with Gasteiger partial charge < -0.3 is 10.4 Å². The van der Waals surface area contributed by atoms with Gasteiger partial charge >= 0.3 is 0 Å². The zero-order valence-electron chi connectivity index (χ0n) is 18.4. The minimum atomic E-state index is -1.77. The van der Waals surface area contributed by atoms with Crippen molar-refractivity contribution in [2.75, 3.05) is 5.32 Å². The van der Waals surface area contributed by atoms with Crippen LogP contribution in [0.5, 0.6) is 0 Å². The Morgan fingerprint density at radius 2 is 1.83 bits per heavy atom. The number of aliphatic hydroxyl groups is 1. The molecule has 5 rings (SSSR count). The summed E-state index contributed by atoms with van der Waals surface area (Å²) in [7, 11) is 0. The smallest absolute Gasteiger partial charge is 0.137 e. The molecule has 0 aliphatic rings. The molecule has 0 bridgehead atoms. The van der Waals surface area contributed by atoms with Crippen LogP contribution in [0, 0.1) is 11.6 Å². The fourth-order valence-electron chi connectivity index (χ4n) is 4.04. The third kappa shape index (κ3) is 5.01. The van der Waals surface area contributed by atoms with E-state index in [1.807, 2.05) is 42.5 Å². The number of hydrogen-bond donors (Lipinski definition) is 2. The molecule has 0 spiro atoms. The molecule has 0 saturated heterocycles. The summed E-state index contributed by atoms with van der Waals surface area (Å²) in [5.74, 6) is -1.58. The highest BCUT2D eigenvalue weighted by Crippen LogP contribution is 2.29. The number of halogens is 3. The van der Waals surface area contributed by atoms with E-state index in [9.17, 15) is 13.9 Å². The molecule has 0 aliphatic heterocycles. The summed E-state index contributed by atoms with van der Waals surface area (Å²) in [5.41, 5.74) is 0.731. The van der Waals surface area contributed by atoms with Gasteiger partial charge in [0.25, 0.3) is 0 Å². The predicted octanol–water partition coefficient (Wildman–Crippen LogP) is 4.76. The summed E-state index contributed by atoms with van der Waals surface area (Å²) < 4.78 is 31.2. The first-order valence-electron chi connectivity index (χ1n) is 10.8. The highest BCUT2D eigenvalue weighted by atomic mass is 35.5. The summed E-state index contributed by atoms with van der Waals surface area (Å²) in [4.78, 5) is 3.88. The number of nitrogens with zero attached hydrogens (tertiary/aromatic N) is 5. The summed E-state index contributed by atoms with van der Waals surface area (Å²) in [6.45, 7) is 0.365. The molecule has 10 heteroatoms. The average molecular weight is 495 g/mol. The van der Waals surface area contributed by atoms with Crippen LogP contribution in [0.25, 0.3) is 10.9 Å². The van der Waals surface area contributed by atoms with Gasteiger partial charge in [-0.15, -0.1) is 0 Å². The summed E-state index contributed by atoms with van der Waals surface area (Å²) in [6, 6.07) is 16.4. The van der Waals surface area contributed by atoms with Crippen LogP contribution in [-0.4, -0.2) is 29.7 Å². The number of rotatable bonds is 8. The molecule has 0 aliphatic carbocycles. The van der Waals surface area contributed by atoms with Crippen molar-refractivity contribution < 1.29 is 13.9 Å². The lowest BCUT2D eigenvalue weighted by molar-refractivity contribution is -0.00828. The van der Waals surface area contributed by atoms with Crippen molar-refractivity contribution in [3.05, 3.63) is 107 Å². The molecular weight excluding hydrogens is 474 g/mol. The minimum Gasteiger partial charge on any atom is -0.381 e. The molecule has 7 nitrogen and oxygen atoms in total. The third-order valence-corrected chi connectivity index (χ3v) is 6.11. The van der Waals surface area contributed by atoms with Crippen molar-refractivity contribution in [1.29, 1.82) is 0 Å². The average Bonchev–Trinajstić information content (AvgIpc) is 3.47. The summed E-state index contributed by atoms with van der Waals surface area (Å²) in [5, 5.41) is 25.0. The maximum absolute atomic E-state index is 14.7. The van der Waals surface area contributed by atoms with Gasteiger partial charge in [-0.25, -0.2) is 18.4 Å². The van der Waals surface area contributed by atoms with Gasteiger partial charge in [0, 0.05) is 40.5 Å². The van der Waals surface area contributed by atoms with Crippen molar-refractivity contribution in [2.45, 2.75) is 25.2 Å². The van der Waals surface area contributed by atoms with E-state index in [0.29, 0.717) is 17.1 Å². The SMILES string of the molecule is OC(Cn1cncn1)(Cn1cc2cc(NCc3ccccc3Cl)ccc2n1)c1ccc(F)cc1F. The Morgan fingerprint density at radius 3 is 2.60 bits per heavy atom. The zero-order chi connectivity index (χ0) is 24.4. The largest absolute Gasteiger partial charge is 0.381 e. The molecule has 0 amide bonds. The lowest BCUT2D eigenvalue weighted by Crippen LogP contribution is -2.37. The monoisotopic (exact) mass is 494 g/mol. The first kappa shape index (κ1) is 22.9. The molecule has 0 fully saturated rings. The Morgan fingerprint density at radius 1 is 1.00 bits per heavy atom. The van der Waals surface area contributed by atoms with E-state index in [4.69, 9.17) is 11.6 Å². The highest BCUT2D eigenvalue weighted by molar-refractivity contribution is 6.31. The molecule has 0 radical (unpaired) electrons. The standard InChI is InChI=1S/C25H21ClF2N6O/c26-22-4-2-1-3-17(22)11-30-20-6-8-24-18(9-20)12-33(32-24)13-25(35,14-34-16-29-15-31-34)21-7-5-19(27)10-23(21)28/h1-10,12,15-16,30,35H,11,13-14H2. The van der Waals surface area contributed by atoms with Crippen LogP contribution in [0.1, 0.15) is 11.1 Å². The van der Waals surface area contributed by atoms with Gasteiger partial charge in [-0.2, -0.15) is 10.2 Å². The topological polar surface area (TPSA) is 80.8 Å². The van der Waals surface area contributed by atoms with Crippen LogP contribution in [-0.2, 0) is 25.2 Å². The van der Waals surface area contributed by atoms with E-state index < -0.39 is 17.2 Å². The fraction of sp³-hybridized carbons (Fsp3) is 0.160. The van der Waals surface area contributed by atoms with E-state index in [1.54, 1.807) is 10.9 Å². The van der Waals surface area contributed by atoms with Crippen molar-refractivity contribution >= 4 is 28.2 Å². The number of anilines is 1. The highest BCUT2D eigenvalue weighted by Gasteiger charge is 2.34. The molecule has 35 heavy (non-hydrogen) atoms. The van der Waals surface area contributed by atoms with Crippen LogP contribution in [0.4, 0.5) is 14.5 Å². The molecule has 2 N–H and O–H groups in total. The maximum Gasteiger partial charge on any atom is 0.137 e. The van der Waals surface area contributed by atoms with Gasteiger partial charge in [0.1, 0.15) is 29.9 Å². The number of nitrogens with one attached hydrogen (secondary N) is 1. The first-order chi connectivity index (χ1) is 16.9. The van der Waals surface area contributed by atoms with Crippen molar-refractivity contribution in [3.63, 3.8) is 0 Å². The van der Waals surface area contributed by atoms with E-state index in [2.05, 4.69) is 20.5 Å². The molecule has 178 valence electrons. The Kier molecular flexibility index (Phi) is 6.19. The van der Waals surface area contributed by atoms with Crippen molar-refractivity contribution in [3.8, 4) is 0 Å². The maximum atomic E-state index is 14.7. The molecular formula is C25H21ClF2N6O. The lowest BCUT2D eigenvalue weighted by atomic mass is 9.93. The van der Waals surface area contributed by atoms with E-state index in [-0.39, 0.29) is 18.7 Å². The Hall–Kier alpha value is -3.82. The Balaban J connectivity index is 1.42. The van der Waals surface area contributed by atoms with Gasteiger partial charge in [0.2, 0.25) is 0 Å². The number of aromatic nitrogens is 5. The molecule has 1 atom stereocenters. The van der Waals surface area contributed by atoms with Crippen LogP contribution in [0.15, 0.2) is 79.5 Å². The normalized spacial score (nSPS) is 13.1. The first-order valence-corrected chi connectivity index (χ1v) is 11.2. The quantitative estimate of drug-likeness (QED) is 0.325. The van der Waals surface area contributed by atoms with Crippen molar-refractivity contribution in [2.24, 2.45) is 0 Å². The molecule has 0 saturated carbocycles. The van der Waals surface area contributed by atoms with Gasteiger partial charge in [0.05, 0.1) is 18.6 Å². The summed E-state index contributed by atoms with van der Waals surface area (Å²) >= 11 is 6.24. The Bertz CT molecular complexity index is 1470. The van der Waals surface area contributed by atoms with Crippen LogP contribution in [0.2, 0.25) is 5.02 Å². The second kappa shape index (κ2) is 9.44. The molecule has 3 aromatic carbocycles. The molecule has 5 aromatic rings. The molecule has 2 heterocycles. The van der Waals surface area contributed by atoms with Gasteiger partial charge in [0.15, 0.2) is 0 Å². The van der Waals surface area contributed by atoms with E-state index in [0.717, 1.165) is 28.8 Å². The lowest BCUT2D eigenvalue weighted by Gasteiger charge is -2.28. The second-order valence-corrected chi connectivity index (χ2v) is 8.70. The van der Waals surface area contributed by atoms with Crippen LogP contribution >= 0.6 is 11.6 Å². The third-order valence-electron chi connectivity index (χ3n) is 5.74. The molecule has 2 aromatic heterocycles. The second-order valence-electron chi connectivity index (χ2n) is 8.29. The van der Waals surface area contributed by atoms with E-state index in [1.165, 1.54) is 23.4 Å². The van der Waals surface area contributed by atoms with Gasteiger partial charge in [-0.1, -0.05) is 35.9 Å². The minimum absolute atomic E-state index is 0.0592. The van der Waals surface area contributed by atoms with E-state index >= 15 is 0 Å². The van der Waals surface area contributed by atoms with Gasteiger partial charge in [-0.3, -0.25) is 4.68 Å². The van der Waals surface area contributed by atoms with Crippen molar-refractivity contribution in [1.82, 2.24) is 24.5 Å². The number of hydrogen-bond acceptors (Lipinski definition) is 5. The summed E-state index contributed by atoms with van der Waals surface area (Å²) in [6.07, 6.45) is 4.51.